The largest absolute Gasteiger partial charge is 0.493 e. The molecule has 30 heavy (non-hydrogen) atoms. The Bertz CT molecular complexity index is 1140. The zero-order valence-corrected chi connectivity index (χ0v) is 18.4. The molecule has 7 heteroatoms. The molecular formula is C23H20BrN3O3. The first-order valence-corrected chi connectivity index (χ1v) is 9.96. The van der Waals surface area contributed by atoms with Gasteiger partial charge in [0.05, 0.1) is 12.8 Å². The van der Waals surface area contributed by atoms with Crippen molar-refractivity contribution in [3.05, 3.63) is 81.1 Å². The summed E-state index contributed by atoms with van der Waals surface area (Å²) in [6.07, 6.45) is 1.51. The Labute approximate surface area is 183 Å². The standard InChI is InChI=1S/C23H20BrN3O3/c1-15-9-16(2)27(26-15)23(28)19(13-25)10-18-11-21(29-3)22(12-20(18)24)30-14-17-7-5-4-6-8-17/h4-12H,14H2,1-3H3/b19-10+. The highest BCUT2D eigenvalue weighted by Gasteiger charge is 2.17. The maximum Gasteiger partial charge on any atom is 0.289 e. The molecule has 152 valence electrons. The van der Waals surface area contributed by atoms with Crippen molar-refractivity contribution in [1.29, 1.82) is 5.26 Å². The van der Waals surface area contributed by atoms with Gasteiger partial charge in [-0.05, 0) is 49.2 Å². The molecule has 1 heterocycles. The van der Waals surface area contributed by atoms with Crippen LogP contribution < -0.4 is 9.47 Å². The Morgan fingerprint density at radius 1 is 1.20 bits per heavy atom. The molecule has 0 saturated carbocycles. The highest BCUT2D eigenvalue weighted by Crippen LogP contribution is 2.35. The van der Waals surface area contributed by atoms with Crippen LogP contribution in [0.3, 0.4) is 0 Å². The van der Waals surface area contributed by atoms with Gasteiger partial charge in [-0.1, -0.05) is 46.3 Å². The van der Waals surface area contributed by atoms with E-state index in [2.05, 4.69) is 21.0 Å². The molecule has 0 aliphatic rings. The van der Waals surface area contributed by atoms with Crippen LogP contribution >= 0.6 is 15.9 Å². The highest BCUT2D eigenvalue weighted by atomic mass is 79.9. The van der Waals surface area contributed by atoms with Crippen LogP contribution in [0.15, 0.2) is 58.6 Å². The van der Waals surface area contributed by atoms with Crippen molar-refractivity contribution in [1.82, 2.24) is 9.78 Å². The average molecular weight is 466 g/mol. The monoisotopic (exact) mass is 465 g/mol. The van der Waals surface area contributed by atoms with Gasteiger partial charge in [0.15, 0.2) is 11.5 Å². The number of carbonyl (C=O) groups excluding carboxylic acids is 1. The molecule has 0 amide bonds. The fraction of sp³-hybridized carbons (Fsp3) is 0.174. The van der Waals surface area contributed by atoms with Crippen LogP contribution in [0.2, 0.25) is 0 Å². The molecule has 2 aromatic carbocycles. The van der Waals surface area contributed by atoms with E-state index < -0.39 is 5.91 Å². The summed E-state index contributed by atoms with van der Waals surface area (Å²) in [5, 5.41) is 13.7. The molecule has 0 fully saturated rings. The van der Waals surface area contributed by atoms with Crippen molar-refractivity contribution in [3.63, 3.8) is 0 Å². The molecule has 0 radical (unpaired) electrons. The molecule has 0 aliphatic carbocycles. The van der Waals surface area contributed by atoms with Crippen LogP contribution in [0.1, 0.15) is 27.3 Å². The lowest BCUT2D eigenvalue weighted by Gasteiger charge is -2.13. The van der Waals surface area contributed by atoms with Crippen LogP contribution in [0.5, 0.6) is 11.5 Å². The van der Waals surface area contributed by atoms with E-state index in [4.69, 9.17) is 9.47 Å². The Balaban J connectivity index is 1.90. The van der Waals surface area contributed by atoms with E-state index >= 15 is 0 Å². The number of nitriles is 1. The fourth-order valence-corrected chi connectivity index (χ4v) is 3.35. The Morgan fingerprint density at radius 2 is 1.93 bits per heavy atom. The SMILES string of the molecule is COc1cc(/C=C(\C#N)C(=O)n2nc(C)cc2C)c(Br)cc1OCc1ccccc1. The third kappa shape index (κ3) is 4.78. The number of carbonyl (C=O) groups is 1. The quantitative estimate of drug-likeness (QED) is 0.373. The second-order valence-electron chi connectivity index (χ2n) is 6.61. The molecule has 0 N–H and O–H groups in total. The van der Waals surface area contributed by atoms with E-state index in [0.717, 1.165) is 5.56 Å². The van der Waals surface area contributed by atoms with Crippen LogP contribution in [0, 0.1) is 25.2 Å². The van der Waals surface area contributed by atoms with Gasteiger partial charge in [0.2, 0.25) is 0 Å². The number of aromatic nitrogens is 2. The van der Waals surface area contributed by atoms with Gasteiger partial charge < -0.3 is 9.47 Å². The molecule has 0 aliphatic heterocycles. The highest BCUT2D eigenvalue weighted by molar-refractivity contribution is 9.10. The minimum absolute atomic E-state index is 0.0399. The second-order valence-corrected chi connectivity index (χ2v) is 7.47. The van der Waals surface area contributed by atoms with Gasteiger partial charge in [-0.3, -0.25) is 4.79 Å². The van der Waals surface area contributed by atoms with E-state index in [1.807, 2.05) is 36.4 Å². The van der Waals surface area contributed by atoms with Gasteiger partial charge >= 0.3 is 0 Å². The predicted molar refractivity (Wildman–Crippen MR) is 117 cm³/mol. The number of hydrogen-bond acceptors (Lipinski definition) is 5. The maximum atomic E-state index is 12.7. The molecule has 1 aromatic heterocycles. The Kier molecular flexibility index (Phi) is 6.70. The van der Waals surface area contributed by atoms with Crippen LogP contribution in [-0.2, 0) is 6.61 Å². The number of methoxy groups -OCH3 is 1. The van der Waals surface area contributed by atoms with Crippen molar-refractivity contribution in [3.8, 4) is 17.6 Å². The van der Waals surface area contributed by atoms with Crippen molar-refractivity contribution in [2.45, 2.75) is 20.5 Å². The second kappa shape index (κ2) is 9.42. The maximum absolute atomic E-state index is 12.7. The van der Waals surface area contributed by atoms with E-state index in [1.54, 1.807) is 39.2 Å². The van der Waals surface area contributed by atoms with Crippen LogP contribution in [0.25, 0.3) is 6.08 Å². The summed E-state index contributed by atoms with van der Waals surface area (Å²) >= 11 is 3.50. The van der Waals surface area contributed by atoms with Gasteiger partial charge in [0.1, 0.15) is 18.2 Å². The lowest BCUT2D eigenvalue weighted by molar-refractivity contribution is 0.0943. The average Bonchev–Trinajstić information content (AvgIpc) is 3.09. The van der Waals surface area contributed by atoms with Gasteiger partial charge in [0.25, 0.3) is 5.91 Å². The third-order valence-corrected chi connectivity index (χ3v) is 5.06. The zero-order chi connectivity index (χ0) is 21.7. The molecular weight excluding hydrogens is 446 g/mol. The minimum Gasteiger partial charge on any atom is -0.493 e. The van der Waals surface area contributed by atoms with Gasteiger partial charge in [-0.15, -0.1) is 0 Å². The van der Waals surface area contributed by atoms with Crippen LogP contribution in [0.4, 0.5) is 0 Å². The lowest BCUT2D eigenvalue weighted by atomic mass is 10.1. The Hall–Kier alpha value is -3.37. The molecule has 3 aromatic rings. The summed E-state index contributed by atoms with van der Waals surface area (Å²) in [7, 11) is 1.54. The van der Waals surface area contributed by atoms with Gasteiger partial charge in [-0.2, -0.15) is 10.4 Å². The number of allylic oxidation sites excluding steroid dienone is 1. The molecule has 0 atom stereocenters. The summed E-state index contributed by atoms with van der Waals surface area (Å²) in [6, 6.07) is 17.0. The number of ether oxygens (including phenoxy) is 2. The molecule has 0 bridgehead atoms. The van der Waals surface area contributed by atoms with Crippen molar-refractivity contribution < 1.29 is 14.3 Å². The van der Waals surface area contributed by atoms with Crippen molar-refractivity contribution in [2.24, 2.45) is 0 Å². The number of nitrogens with zero attached hydrogens (tertiary/aromatic N) is 3. The normalized spacial score (nSPS) is 11.1. The Morgan fingerprint density at radius 3 is 2.53 bits per heavy atom. The van der Waals surface area contributed by atoms with Gasteiger partial charge in [0, 0.05) is 10.2 Å². The van der Waals surface area contributed by atoms with Crippen molar-refractivity contribution >= 4 is 27.9 Å². The summed E-state index contributed by atoms with van der Waals surface area (Å²) in [6.45, 7) is 3.95. The minimum atomic E-state index is -0.488. The van der Waals surface area contributed by atoms with E-state index in [1.165, 1.54) is 10.8 Å². The molecule has 0 spiro atoms. The number of aryl methyl sites for hydroxylation is 2. The van der Waals surface area contributed by atoms with Crippen LogP contribution in [-0.4, -0.2) is 22.8 Å². The topological polar surface area (TPSA) is 77.1 Å². The summed E-state index contributed by atoms with van der Waals surface area (Å²) < 4.78 is 13.2. The molecule has 0 saturated heterocycles. The summed E-state index contributed by atoms with van der Waals surface area (Å²) in [4.78, 5) is 12.7. The molecule has 0 unspecified atom stereocenters. The smallest absolute Gasteiger partial charge is 0.289 e. The zero-order valence-electron chi connectivity index (χ0n) is 16.8. The lowest BCUT2D eigenvalue weighted by Crippen LogP contribution is -2.15. The molecule has 6 nitrogen and oxygen atoms in total. The first-order valence-electron chi connectivity index (χ1n) is 9.17. The number of benzene rings is 2. The van der Waals surface area contributed by atoms with E-state index in [9.17, 15) is 10.1 Å². The summed E-state index contributed by atoms with van der Waals surface area (Å²) in [5.74, 6) is 0.559. The number of halogens is 1. The van der Waals surface area contributed by atoms with E-state index in [-0.39, 0.29) is 5.57 Å². The predicted octanol–water partition coefficient (Wildman–Crippen LogP) is 5.10. The number of hydrogen-bond donors (Lipinski definition) is 0. The first-order chi connectivity index (χ1) is 14.4. The first kappa shape index (κ1) is 21.3. The molecule has 3 rings (SSSR count). The number of rotatable bonds is 6. The summed E-state index contributed by atoms with van der Waals surface area (Å²) in [5.41, 5.74) is 2.98. The van der Waals surface area contributed by atoms with Crippen molar-refractivity contribution in [2.75, 3.05) is 7.11 Å². The fourth-order valence-electron chi connectivity index (χ4n) is 2.92. The van der Waals surface area contributed by atoms with Gasteiger partial charge in [-0.25, -0.2) is 4.68 Å². The van der Waals surface area contributed by atoms with E-state index in [0.29, 0.717) is 39.5 Å². The third-order valence-electron chi connectivity index (χ3n) is 4.37.